The fourth-order valence-corrected chi connectivity index (χ4v) is 3.10. The smallest absolute Gasteiger partial charge is 0.131 e. The van der Waals surface area contributed by atoms with Crippen LogP contribution in [0.3, 0.4) is 0 Å². The standard InChI is InChI=1S/C15H16FNOS/c1-11-4-2-7-14(8-11)19(18)10-13-6-3-5-12(9-17)15(13)16/h2-8H,9-10,17H2,1H3. The van der Waals surface area contributed by atoms with Crippen LogP contribution in [0.2, 0.25) is 0 Å². The summed E-state index contributed by atoms with van der Waals surface area (Å²) in [6.07, 6.45) is 0. The lowest BCUT2D eigenvalue weighted by atomic mass is 10.1. The lowest BCUT2D eigenvalue weighted by Crippen LogP contribution is -2.05. The number of rotatable bonds is 4. The summed E-state index contributed by atoms with van der Waals surface area (Å²) >= 11 is 0. The SMILES string of the molecule is Cc1cccc(S(=O)Cc2cccc(CN)c2F)c1. The third-order valence-electron chi connectivity index (χ3n) is 2.92. The Kier molecular flexibility index (Phi) is 4.45. The molecule has 2 aromatic carbocycles. The number of halogens is 1. The lowest BCUT2D eigenvalue weighted by molar-refractivity contribution is 0.598. The van der Waals surface area contributed by atoms with Crippen molar-refractivity contribution in [2.24, 2.45) is 5.73 Å². The van der Waals surface area contributed by atoms with Crippen molar-refractivity contribution in [3.05, 3.63) is 65.0 Å². The second-order valence-electron chi connectivity index (χ2n) is 4.40. The van der Waals surface area contributed by atoms with E-state index in [4.69, 9.17) is 5.73 Å². The molecule has 0 saturated heterocycles. The summed E-state index contributed by atoms with van der Waals surface area (Å²) in [5.41, 5.74) is 7.41. The molecular weight excluding hydrogens is 261 g/mol. The van der Waals surface area contributed by atoms with Crippen LogP contribution in [0, 0.1) is 12.7 Å². The molecule has 0 aliphatic carbocycles. The van der Waals surface area contributed by atoms with Crippen molar-refractivity contribution < 1.29 is 8.60 Å². The first kappa shape index (κ1) is 13.9. The van der Waals surface area contributed by atoms with Crippen LogP contribution in [0.5, 0.6) is 0 Å². The molecule has 1 unspecified atom stereocenters. The van der Waals surface area contributed by atoms with Crippen LogP contribution in [0.1, 0.15) is 16.7 Å². The number of nitrogens with two attached hydrogens (primary N) is 1. The predicted octanol–water partition coefficient (Wildman–Crippen LogP) is 2.90. The fourth-order valence-electron chi connectivity index (χ4n) is 1.88. The average Bonchev–Trinajstić information content (AvgIpc) is 2.41. The highest BCUT2D eigenvalue weighted by Crippen LogP contribution is 2.18. The van der Waals surface area contributed by atoms with Crippen LogP contribution in [0.25, 0.3) is 0 Å². The minimum atomic E-state index is -1.25. The summed E-state index contributed by atoms with van der Waals surface area (Å²) in [6, 6.07) is 12.5. The van der Waals surface area contributed by atoms with Crippen LogP contribution in [-0.2, 0) is 23.1 Å². The molecule has 0 spiro atoms. The van der Waals surface area contributed by atoms with Crippen molar-refractivity contribution in [2.45, 2.75) is 24.1 Å². The number of aryl methyl sites for hydroxylation is 1. The van der Waals surface area contributed by atoms with Crippen molar-refractivity contribution >= 4 is 10.8 Å². The number of hydrogen-bond acceptors (Lipinski definition) is 2. The van der Waals surface area contributed by atoms with Gasteiger partial charge in [-0.2, -0.15) is 0 Å². The van der Waals surface area contributed by atoms with Gasteiger partial charge in [-0.25, -0.2) is 4.39 Å². The van der Waals surface area contributed by atoms with Gasteiger partial charge in [-0.1, -0.05) is 30.3 Å². The summed E-state index contributed by atoms with van der Waals surface area (Å²) in [4.78, 5) is 0.720. The fraction of sp³-hybridized carbons (Fsp3) is 0.200. The first-order valence-corrected chi connectivity index (χ1v) is 7.35. The zero-order valence-electron chi connectivity index (χ0n) is 10.7. The van der Waals surface area contributed by atoms with E-state index in [9.17, 15) is 8.60 Å². The van der Waals surface area contributed by atoms with Crippen LogP contribution < -0.4 is 5.73 Å². The predicted molar refractivity (Wildman–Crippen MR) is 75.6 cm³/mol. The lowest BCUT2D eigenvalue weighted by Gasteiger charge is -2.07. The van der Waals surface area contributed by atoms with Gasteiger partial charge in [0.1, 0.15) is 5.82 Å². The normalized spacial score (nSPS) is 12.4. The van der Waals surface area contributed by atoms with E-state index in [1.807, 2.05) is 25.1 Å². The molecule has 0 bridgehead atoms. The van der Waals surface area contributed by atoms with Gasteiger partial charge in [0.25, 0.3) is 0 Å². The molecule has 2 aromatic rings. The van der Waals surface area contributed by atoms with Crippen molar-refractivity contribution in [3.63, 3.8) is 0 Å². The van der Waals surface area contributed by atoms with Crippen LogP contribution >= 0.6 is 0 Å². The highest BCUT2D eigenvalue weighted by molar-refractivity contribution is 7.84. The molecule has 100 valence electrons. The Morgan fingerprint density at radius 2 is 1.84 bits per heavy atom. The van der Waals surface area contributed by atoms with E-state index in [1.165, 1.54) is 0 Å². The highest BCUT2D eigenvalue weighted by Gasteiger charge is 2.11. The monoisotopic (exact) mass is 277 g/mol. The second kappa shape index (κ2) is 6.08. The van der Waals surface area contributed by atoms with Crippen LogP contribution in [-0.4, -0.2) is 4.21 Å². The Balaban J connectivity index is 2.24. The molecule has 0 fully saturated rings. The summed E-state index contributed by atoms with van der Waals surface area (Å²) in [5.74, 6) is -0.172. The topological polar surface area (TPSA) is 43.1 Å². The Morgan fingerprint density at radius 1 is 1.16 bits per heavy atom. The van der Waals surface area contributed by atoms with E-state index in [0.29, 0.717) is 11.1 Å². The van der Waals surface area contributed by atoms with Gasteiger partial charge in [0.05, 0.1) is 16.6 Å². The minimum Gasteiger partial charge on any atom is -0.326 e. The Hall–Kier alpha value is -1.52. The minimum absolute atomic E-state index is 0.150. The molecule has 19 heavy (non-hydrogen) atoms. The zero-order valence-corrected chi connectivity index (χ0v) is 11.5. The molecule has 2 N–H and O–H groups in total. The van der Waals surface area contributed by atoms with Gasteiger partial charge < -0.3 is 5.73 Å². The highest BCUT2D eigenvalue weighted by atomic mass is 32.2. The summed E-state index contributed by atoms with van der Waals surface area (Å²) in [5, 5.41) is 0. The molecule has 0 radical (unpaired) electrons. The van der Waals surface area contributed by atoms with Gasteiger partial charge in [0.15, 0.2) is 0 Å². The van der Waals surface area contributed by atoms with Crippen molar-refractivity contribution in [1.82, 2.24) is 0 Å². The molecule has 2 rings (SSSR count). The van der Waals surface area contributed by atoms with Gasteiger partial charge in [-0.05, 0) is 24.6 Å². The zero-order chi connectivity index (χ0) is 13.8. The molecule has 0 heterocycles. The number of benzene rings is 2. The maximum absolute atomic E-state index is 14.0. The van der Waals surface area contributed by atoms with Gasteiger partial charge >= 0.3 is 0 Å². The van der Waals surface area contributed by atoms with Crippen molar-refractivity contribution in [1.29, 1.82) is 0 Å². The Bertz CT molecular complexity index is 613. The van der Waals surface area contributed by atoms with Crippen molar-refractivity contribution in [2.75, 3.05) is 0 Å². The van der Waals surface area contributed by atoms with E-state index >= 15 is 0 Å². The molecule has 0 saturated carbocycles. The third kappa shape index (κ3) is 3.28. The summed E-state index contributed by atoms with van der Waals surface area (Å²) in [7, 11) is -1.25. The van der Waals surface area contributed by atoms with Gasteiger partial charge in [-0.15, -0.1) is 0 Å². The maximum Gasteiger partial charge on any atom is 0.131 e. The third-order valence-corrected chi connectivity index (χ3v) is 4.27. The molecule has 0 aliphatic rings. The van der Waals surface area contributed by atoms with Gasteiger partial charge in [0.2, 0.25) is 0 Å². The largest absolute Gasteiger partial charge is 0.326 e. The quantitative estimate of drug-likeness (QED) is 0.933. The Labute approximate surface area is 114 Å². The van der Waals surface area contributed by atoms with Crippen LogP contribution in [0.15, 0.2) is 47.4 Å². The van der Waals surface area contributed by atoms with E-state index < -0.39 is 10.8 Å². The summed E-state index contributed by atoms with van der Waals surface area (Å²) < 4.78 is 26.2. The molecule has 2 nitrogen and oxygen atoms in total. The van der Waals surface area contributed by atoms with Crippen molar-refractivity contribution in [3.8, 4) is 0 Å². The summed E-state index contributed by atoms with van der Waals surface area (Å²) in [6.45, 7) is 2.09. The average molecular weight is 277 g/mol. The second-order valence-corrected chi connectivity index (χ2v) is 5.85. The number of hydrogen-bond donors (Lipinski definition) is 1. The first-order valence-electron chi connectivity index (χ1n) is 6.03. The van der Waals surface area contributed by atoms with E-state index in [-0.39, 0.29) is 18.1 Å². The molecule has 0 amide bonds. The maximum atomic E-state index is 14.0. The van der Waals surface area contributed by atoms with Gasteiger partial charge in [0, 0.05) is 22.6 Å². The first-order chi connectivity index (χ1) is 9.11. The Morgan fingerprint density at radius 3 is 2.53 bits per heavy atom. The molecule has 0 aromatic heterocycles. The van der Waals surface area contributed by atoms with Gasteiger partial charge in [-0.3, -0.25) is 4.21 Å². The molecule has 4 heteroatoms. The van der Waals surface area contributed by atoms with E-state index in [2.05, 4.69) is 0 Å². The molecule has 1 atom stereocenters. The van der Waals surface area contributed by atoms with E-state index in [0.717, 1.165) is 10.5 Å². The molecule has 0 aliphatic heterocycles. The van der Waals surface area contributed by atoms with E-state index in [1.54, 1.807) is 24.3 Å². The molecular formula is C15H16FNOS. The van der Waals surface area contributed by atoms with Crippen LogP contribution in [0.4, 0.5) is 4.39 Å².